The monoisotopic (exact) mass is 297 g/mol. The lowest BCUT2D eigenvalue weighted by molar-refractivity contribution is 0.0736. The van der Waals surface area contributed by atoms with E-state index < -0.39 is 0 Å². The van der Waals surface area contributed by atoms with E-state index in [0.29, 0.717) is 12.1 Å². The summed E-state index contributed by atoms with van der Waals surface area (Å²) in [5, 5.41) is 10.8. The molecule has 0 atom stereocenters. The van der Waals surface area contributed by atoms with Gasteiger partial charge in [0.2, 0.25) is 0 Å². The van der Waals surface area contributed by atoms with Crippen LogP contribution in [0.3, 0.4) is 0 Å². The number of aliphatic hydroxyl groups excluding tert-OH is 1. The Morgan fingerprint density at radius 1 is 1.38 bits per heavy atom. The van der Waals surface area contributed by atoms with Crippen molar-refractivity contribution in [2.24, 2.45) is 0 Å². The lowest BCUT2D eigenvalue weighted by atomic mass is 10.1. The zero-order valence-electron chi connectivity index (χ0n) is 11.5. The first-order chi connectivity index (χ1) is 10.3. The zero-order chi connectivity index (χ0) is 14.7. The SMILES string of the molecule is O=C(c1cccc(C#CCO)c1)N1CCc2sccc2C1. The summed E-state index contributed by atoms with van der Waals surface area (Å²) >= 11 is 1.77. The first-order valence-electron chi connectivity index (χ1n) is 6.82. The summed E-state index contributed by atoms with van der Waals surface area (Å²) in [5.74, 6) is 5.48. The topological polar surface area (TPSA) is 40.5 Å². The number of benzene rings is 1. The van der Waals surface area contributed by atoms with Crippen molar-refractivity contribution in [2.45, 2.75) is 13.0 Å². The van der Waals surface area contributed by atoms with Crippen LogP contribution in [0.2, 0.25) is 0 Å². The summed E-state index contributed by atoms with van der Waals surface area (Å²) in [6.07, 6.45) is 0.933. The average molecular weight is 297 g/mol. The van der Waals surface area contributed by atoms with Crippen LogP contribution < -0.4 is 0 Å². The molecule has 4 heteroatoms. The predicted molar refractivity (Wildman–Crippen MR) is 83.2 cm³/mol. The number of amides is 1. The Hall–Kier alpha value is -2.09. The van der Waals surface area contributed by atoms with Crippen LogP contribution in [-0.2, 0) is 13.0 Å². The molecule has 1 N–H and O–H groups in total. The van der Waals surface area contributed by atoms with Crippen LogP contribution in [0, 0.1) is 11.8 Å². The number of hydrogen-bond acceptors (Lipinski definition) is 3. The molecule has 3 nitrogen and oxygen atoms in total. The van der Waals surface area contributed by atoms with Gasteiger partial charge in [-0.2, -0.15) is 0 Å². The Morgan fingerprint density at radius 2 is 2.29 bits per heavy atom. The van der Waals surface area contributed by atoms with Crippen molar-refractivity contribution in [3.05, 3.63) is 57.3 Å². The summed E-state index contributed by atoms with van der Waals surface area (Å²) in [7, 11) is 0. The normalized spacial score (nSPS) is 13.3. The number of aliphatic hydroxyl groups is 1. The molecule has 0 saturated heterocycles. The summed E-state index contributed by atoms with van der Waals surface area (Å²) < 4.78 is 0. The summed E-state index contributed by atoms with van der Waals surface area (Å²) in [4.78, 5) is 15.9. The number of thiophene rings is 1. The molecule has 21 heavy (non-hydrogen) atoms. The third-order valence-corrected chi connectivity index (χ3v) is 4.54. The van der Waals surface area contributed by atoms with Gasteiger partial charge in [0.1, 0.15) is 6.61 Å². The third-order valence-electron chi connectivity index (χ3n) is 3.52. The molecule has 0 unspecified atom stereocenters. The van der Waals surface area contributed by atoms with E-state index in [2.05, 4.69) is 23.3 Å². The standard InChI is InChI=1S/C17H15NO2S/c19-9-2-4-13-3-1-5-14(11-13)17(20)18-8-6-16-15(12-18)7-10-21-16/h1,3,5,7,10-11,19H,6,8-9,12H2. The van der Waals surface area contributed by atoms with E-state index in [0.717, 1.165) is 18.5 Å². The Balaban J connectivity index is 1.80. The molecule has 2 aromatic rings. The molecule has 0 aliphatic carbocycles. The van der Waals surface area contributed by atoms with Gasteiger partial charge in [-0.3, -0.25) is 4.79 Å². The lowest BCUT2D eigenvalue weighted by Gasteiger charge is -2.27. The maximum Gasteiger partial charge on any atom is 0.254 e. The fourth-order valence-electron chi connectivity index (χ4n) is 2.48. The van der Waals surface area contributed by atoms with Crippen LogP contribution in [0.1, 0.15) is 26.4 Å². The van der Waals surface area contributed by atoms with Gasteiger partial charge >= 0.3 is 0 Å². The Bertz CT molecular complexity index is 724. The fraction of sp³-hybridized carbons (Fsp3) is 0.235. The molecule has 0 saturated carbocycles. The lowest BCUT2D eigenvalue weighted by Crippen LogP contribution is -2.35. The van der Waals surface area contributed by atoms with Gasteiger partial charge in [0.05, 0.1) is 0 Å². The van der Waals surface area contributed by atoms with E-state index in [-0.39, 0.29) is 12.5 Å². The highest BCUT2D eigenvalue weighted by atomic mass is 32.1. The second kappa shape index (κ2) is 6.13. The predicted octanol–water partition coefficient (Wildman–Crippen LogP) is 2.29. The van der Waals surface area contributed by atoms with E-state index in [1.165, 1.54) is 10.4 Å². The second-order valence-electron chi connectivity index (χ2n) is 4.89. The van der Waals surface area contributed by atoms with Crippen LogP contribution >= 0.6 is 11.3 Å². The second-order valence-corrected chi connectivity index (χ2v) is 5.89. The number of carbonyl (C=O) groups excluding carboxylic acids is 1. The summed E-state index contributed by atoms with van der Waals surface area (Å²) in [6.45, 7) is 1.27. The van der Waals surface area contributed by atoms with E-state index in [9.17, 15) is 4.79 Å². The number of carbonyl (C=O) groups is 1. The Kier molecular flexibility index (Phi) is 4.05. The molecule has 1 aromatic carbocycles. The van der Waals surface area contributed by atoms with Gasteiger partial charge < -0.3 is 10.0 Å². The van der Waals surface area contributed by atoms with Crippen molar-refractivity contribution in [2.75, 3.05) is 13.2 Å². The van der Waals surface area contributed by atoms with Crippen LogP contribution in [0.5, 0.6) is 0 Å². The maximum absolute atomic E-state index is 12.6. The van der Waals surface area contributed by atoms with Crippen molar-refractivity contribution in [3.63, 3.8) is 0 Å². The van der Waals surface area contributed by atoms with Crippen LogP contribution in [0.4, 0.5) is 0 Å². The molecule has 2 heterocycles. The largest absolute Gasteiger partial charge is 0.384 e. The van der Waals surface area contributed by atoms with Crippen molar-refractivity contribution < 1.29 is 9.90 Å². The van der Waals surface area contributed by atoms with E-state index in [4.69, 9.17) is 5.11 Å². The average Bonchev–Trinajstić information content (AvgIpc) is 3.00. The van der Waals surface area contributed by atoms with Crippen LogP contribution in [0.25, 0.3) is 0 Å². The zero-order valence-corrected chi connectivity index (χ0v) is 12.3. The summed E-state index contributed by atoms with van der Waals surface area (Å²) in [6, 6.07) is 9.37. The quantitative estimate of drug-likeness (QED) is 0.821. The van der Waals surface area contributed by atoms with Gasteiger partial charge in [0.25, 0.3) is 5.91 Å². The van der Waals surface area contributed by atoms with Gasteiger partial charge in [0, 0.05) is 29.1 Å². The van der Waals surface area contributed by atoms with Crippen molar-refractivity contribution in [1.82, 2.24) is 4.90 Å². The van der Waals surface area contributed by atoms with Gasteiger partial charge in [-0.1, -0.05) is 17.9 Å². The molecule has 0 spiro atoms. The minimum absolute atomic E-state index is 0.0412. The molecule has 1 aliphatic heterocycles. The minimum Gasteiger partial charge on any atom is -0.384 e. The molecule has 0 fully saturated rings. The van der Waals surface area contributed by atoms with Crippen molar-refractivity contribution >= 4 is 17.2 Å². The van der Waals surface area contributed by atoms with E-state index in [1.54, 1.807) is 17.4 Å². The molecule has 1 amide bonds. The molecule has 106 valence electrons. The van der Waals surface area contributed by atoms with Gasteiger partial charge in [-0.15, -0.1) is 11.3 Å². The molecular formula is C17H15NO2S. The Morgan fingerprint density at radius 3 is 3.14 bits per heavy atom. The van der Waals surface area contributed by atoms with Crippen LogP contribution in [0.15, 0.2) is 35.7 Å². The van der Waals surface area contributed by atoms with Gasteiger partial charge in [0.15, 0.2) is 0 Å². The van der Waals surface area contributed by atoms with Gasteiger partial charge in [-0.05, 0) is 41.6 Å². The minimum atomic E-state index is -0.175. The molecule has 0 radical (unpaired) electrons. The van der Waals surface area contributed by atoms with Crippen LogP contribution in [-0.4, -0.2) is 29.1 Å². The third kappa shape index (κ3) is 2.99. The highest BCUT2D eigenvalue weighted by Crippen LogP contribution is 2.25. The smallest absolute Gasteiger partial charge is 0.254 e. The van der Waals surface area contributed by atoms with Gasteiger partial charge in [-0.25, -0.2) is 0 Å². The fourth-order valence-corrected chi connectivity index (χ4v) is 3.37. The highest BCUT2D eigenvalue weighted by molar-refractivity contribution is 7.10. The highest BCUT2D eigenvalue weighted by Gasteiger charge is 2.22. The van der Waals surface area contributed by atoms with Crippen molar-refractivity contribution in [1.29, 1.82) is 0 Å². The van der Waals surface area contributed by atoms with Crippen molar-refractivity contribution in [3.8, 4) is 11.8 Å². The molecule has 0 bridgehead atoms. The van der Waals surface area contributed by atoms with E-state index in [1.807, 2.05) is 23.1 Å². The number of nitrogens with zero attached hydrogens (tertiary/aromatic N) is 1. The number of fused-ring (bicyclic) bond motifs is 1. The summed E-state index contributed by atoms with van der Waals surface area (Å²) in [5.41, 5.74) is 2.66. The number of rotatable bonds is 1. The first-order valence-corrected chi connectivity index (χ1v) is 7.70. The molecule has 3 rings (SSSR count). The number of hydrogen-bond donors (Lipinski definition) is 1. The molecular weight excluding hydrogens is 282 g/mol. The maximum atomic E-state index is 12.6. The van der Waals surface area contributed by atoms with E-state index >= 15 is 0 Å². The molecule has 1 aromatic heterocycles. The molecule has 1 aliphatic rings. The Labute approximate surface area is 127 Å². The first kappa shape index (κ1) is 13.9.